The molecule has 0 radical (unpaired) electrons. The highest BCUT2D eigenvalue weighted by Gasteiger charge is 2.51. The van der Waals surface area contributed by atoms with E-state index in [-0.39, 0.29) is 6.10 Å². The lowest BCUT2D eigenvalue weighted by molar-refractivity contribution is -0.0119. The topological polar surface area (TPSA) is 73.6 Å². The van der Waals surface area contributed by atoms with Crippen LogP contribution in [0.1, 0.15) is 52.5 Å². The Balaban J connectivity index is 1.71. The van der Waals surface area contributed by atoms with E-state index in [1.54, 1.807) is 12.3 Å². The van der Waals surface area contributed by atoms with Gasteiger partial charge in [-0.1, -0.05) is 0 Å². The van der Waals surface area contributed by atoms with Crippen molar-refractivity contribution >= 4 is 12.6 Å². The second-order valence-electron chi connectivity index (χ2n) is 7.62. The summed E-state index contributed by atoms with van der Waals surface area (Å²) in [6.45, 7) is 9.16. The number of nitrogens with zero attached hydrogens (tertiary/aromatic N) is 2. The van der Waals surface area contributed by atoms with E-state index in [0.717, 1.165) is 31.3 Å². The summed E-state index contributed by atoms with van der Waals surface area (Å²) in [6, 6.07) is 3.88. The van der Waals surface area contributed by atoms with Crippen molar-refractivity contribution in [2.24, 2.45) is 0 Å². The van der Waals surface area contributed by atoms with Gasteiger partial charge in [-0.05, 0) is 53.0 Å². The summed E-state index contributed by atoms with van der Waals surface area (Å²) < 4.78 is 23.4. The van der Waals surface area contributed by atoms with Crippen LogP contribution in [0.25, 0.3) is 0 Å². The molecule has 0 unspecified atom stereocenters. The zero-order valence-corrected chi connectivity index (χ0v) is 15.4. The second kappa shape index (κ2) is 6.95. The Hall–Kier alpha value is -1.62. The minimum absolute atomic E-state index is 0.0740. The van der Waals surface area contributed by atoms with Gasteiger partial charge in [-0.25, -0.2) is 4.98 Å². The molecule has 0 N–H and O–H groups in total. The molecule has 1 aromatic rings. The van der Waals surface area contributed by atoms with Crippen molar-refractivity contribution in [1.29, 1.82) is 5.26 Å². The van der Waals surface area contributed by atoms with Gasteiger partial charge in [-0.2, -0.15) is 5.26 Å². The second-order valence-corrected chi connectivity index (χ2v) is 7.62. The maximum absolute atomic E-state index is 9.45. The summed E-state index contributed by atoms with van der Waals surface area (Å²) in [4.78, 5) is 4.31. The van der Waals surface area contributed by atoms with Crippen molar-refractivity contribution in [3.05, 3.63) is 17.8 Å². The highest BCUT2D eigenvalue weighted by Crippen LogP contribution is 2.36. The van der Waals surface area contributed by atoms with Gasteiger partial charge in [0.25, 0.3) is 0 Å². The summed E-state index contributed by atoms with van der Waals surface area (Å²) in [5.74, 6) is 0.331. The highest BCUT2D eigenvalue weighted by molar-refractivity contribution is 6.62. The molecule has 7 heteroatoms. The molecule has 1 aromatic heterocycles. The lowest BCUT2D eigenvalue weighted by Crippen LogP contribution is -2.41. The maximum atomic E-state index is 9.45. The Bertz CT molecular complexity index is 650. The predicted octanol–water partition coefficient (Wildman–Crippen LogP) is 2.20. The van der Waals surface area contributed by atoms with Crippen LogP contribution in [0.4, 0.5) is 0 Å². The SMILES string of the molecule is CC1(C)OB(c2cnc(OC[C@@H]3CCCCO3)c(C#N)c2)OC1(C)C. The summed E-state index contributed by atoms with van der Waals surface area (Å²) in [5, 5.41) is 9.45. The fourth-order valence-corrected chi connectivity index (χ4v) is 2.88. The molecule has 0 spiro atoms. The molecule has 0 bridgehead atoms. The van der Waals surface area contributed by atoms with Crippen LogP contribution in [-0.2, 0) is 14.0 Å². The van der Waals surface area contributed by atoms with Gasteiger partial charge >= 0.3 is 7.12 Å². The Labute approximate surface area is 149 Å². The Morgan fingerprint density at radius 3 is 2.60 bits per heavy atom. The van der Waals surface area contributed by atoms with Gasteiger partial charge in [-0.3, -0.25) is 0 Å². The zero-order valence-electron chi connectivity index (χ0n) is 15.4. The molecule has 0 aromatic carbocycles. The van der Waals surface area contributed by atoms with E-state index >= 15 is 0 Å². The van der Waals surface area contributed by atoms with Gasteiger partial charge in [0.15, 0.2) is 0 Å². The van der Waals surface area contributed by atoms with Gasteiger partial charge in [0.05, 0.1) is 17.3 Å². The van der Waals surface area contributed by atoms with E-state index in [1.807, 2.05) is 27.7 Å². The maximum Gasteiger partial charge on any atom is 0.496 e. The number of aromatic nitrogens is 1. The van der Waals surface area contributed by atoms with Crippen LogP contribution in [-0.4, -0.2) is 42.6 Å². The minimum atomic E-state index is -0.541. The molecule has 6 nitrogen and oxygen atoms in total. The van der Waals surface area contributed by atoms with E-state index in [2.05, 4.69) is 11.1 Å². The number of nitriles is 1. The first-order chi connectivity index (χ1) is 11.8. The fraction of sp³-hybridized carbons (Fsp3) is 0.667. The molecule has 2 fully saturated rings. The predicted molar refractivity (Wildman–Crippen MR) is 93.8 cm³/mol. The molecule has 2 aliphatic heterocycles. The number of pyridine rings is 1. The number of ether oxygens (including phenoxy) is 2. The Morgan fingerprint density at radius 1 is 1.28 bits per heavy atom. The van der Waals surface area contributed by atoms with E-state index in [9.17, 15) is 5.26 Å². The van der Waals surface area contributed by atoms with Crippen molar-refractivity contribution in [2.75, 3.05) is 13.2 Å². The number of rotatable bonds is 4. The largest absolute Gasteiger partial charge is 0.496 e. The van der Waals surface area contributed by atoms with Gasteiger partial charge in [0.2, 0.25) is 5.88 Å². The van der Waals surface area contributed by atoms with Crippen LogP contribution in [0.5, 0.6) is 5.88 Å². The third-order valence-corrected chi connectivity index (χ3v) is 5.20. The fourth-order valence-electron chi connectivity index (χ4n) is 2.88. The molecule has 3 heterocycles. The van der Waals surface area contributed by atoms with E-state index in [1.165, 1.54) is 0 Å². The third kappa shape index (κ3) is 3.81. The van der Waals surface area contributed by atoms with Crippen molar-refractivity contribution in [1.82, 2.24) is 4.98 Å². The first kappa shape index (κ1) is 18.2. The van der Waals surface area contributed by atoms with Gasteiger partial charge in [-0.15, -0.1) is 0 Å². The zero-order chi connectivity index (χ0) is 18.1. The molecule has 134 valence electrons. The molecule has 0 amide bonds. The number of hydrogen-bond donors (Lipinski definition) is 0. The molecular formula is C18H25BN2O4. The lowest BCUT2D eigenvalue weighted by Gasteiger charge is -2.32. The average Bonchev–Trinajstić information content (AvgIpc) is 2.81. The minimum Gasteiger partial charge on any atom is -0.474 e. The van der Waals surface area contributed by atoms with Gasteiger partial charge < -0.3 is 18.8 Å². The summed E-state index contributed by atoms with van der Waals surface area (Å²) in [7, 11) is -0.541. The monoisotopic (exact) mass is 344 g/mol. The van der Waals surface area contributed by atoms with Crippen LogP contribution >= 0.6 is 0 Å². The first-order valence-electron chi connectivity index (χ1n) is 8.82. The van der Waals surface area contributed by atoms with Gasteiger partial charge in [0.1, 0.15) is 18.2 Å². The molecule has 25 heavy (non-hydrogen) atoms. The standard InChI is InChI=1S/C18H25BN2O4/c1-17(2)18(3,4)25-19(24-17)14-9-13(10-20)16(21-11-14)23-12-15-7-5-6-8-22-15/h9,11,15H,5-8,12H2,1-4H3/t15-/m0/s1. The van der Waals surface area contributed by atoms with Crippen LogP contribution in [0.3, 0.4) is 0 Å². The van der Waals surface area contributed by atoms with E-state index in [4.69, 9.17) is 18.8 Å². The molecule has 0 aliphatic carbocycles. The Kier molecular flexibility index (Phi) is 5.05. The third-order valence-electron chi connectivity index (χ3n) is 5.20. The smallest absolute Gasteiger partial charge is 0.474 e. The van der Waals surface area contributed by atoms with Crippen molar-refractivity contribution in [3.8, 4) is 11.9 Å². The highest BCUT2D eigenvalue weighted by atomic mass is 16.7. The normalized spacial score (nSPS) is 24.8. The molecule has 2 aliphatic rings. The van der Waals surface area contributed by atoms with Crippen LogP contribution in [0.15, 0.2) is 12.3 Å². The quantitative estimate of drug-likeness (QED) is 0.780. The van der Waals surface area contributed by atoms with Crippen molar-refractivity contribution in [3.63, 3.8) is 0 Å². The molecule has 0 saturated carbocycles. The van der Waals surface area contributed by atoms with Crippen LogP contribution < -0.4 is 10.2 Å². The Morgan fingerprint density at radius 2 is 2.00 bits per heavy atom. The summed E-state index contributed by atoms with van der Waals surface area (Å²) >= 11 is 0. The summed E-state index contributed by atoms with van der Waals surface area (Å²) in [5.41, 5.74) is 0.232. The molecular weight excluding hydrogens is 319 g/mol. The first-order valence-corrected chi connectivity index (χ1v) is 8.82. The molecule has 3 rings (SSSR count). The van der Waals surface area contributed by atoms with Gasteiger partial charge in [0, 0.05) is 18.3 Å². The van der Waals surface area contributed by atoms with E-state index in [0.29, 0.717) is 18.1 Å². The molecule has 1 atom stereocenters. The van der Waals surface area contributed by atoms with Crippen LogP contribution in [0, 0.1) is 11.3 Å². The average molecular weight is 344 g/mol. The van der Waals surface area contributed by atoms with Crippen molar-refractivity contribution in [2.45, 2.75) is 64.3 Å². The lowest BCUT2D eigenvalue weighted by atomic mass is 9.80. The van der Waals surface area contributed by atoms with Crippen molar-refractivity contribution < 1.29 is 18.8 Å². The molecule has 2 saturated heterocycles. The number of hydrogen-bond acceptors (Lipinski definition) is 6. The van der Waals surface area contributed by atoms with Crippen LogP contribution in [0.2, 0.25) is 0 Å². The van der Waals surface area contributed by atoms with E-state index < -0.39 is 18.3 Å². The summed E-state index contributed by atoms with van der Waals surface area (Å²) in [6.07, 6.45) is 4.95.